The number of fused-ring (bicyclic) bond motifs is 1. The first kappa shape index (κ1) is 21.2. The molecule has 0 saturated heterocycles. The lowest BCUT2D eigenvalue weighted by Crippen LogP contribution is -2.28. The van der Waals surface area contributed by atoms with E-state index in [9.17, 15) is 9.59 Å². The molecule has 0 saturated carbocycles. The monoisotopic (exact) mass is 438 g/mol. The van der Waals surface area contributed by atoms with E-state index in [0.29, 0.717) is 35.2 Å². The largest absolute Gasteiger partial charge is 0.489 e. The number of aryl methyl sites for hydroxylation is 2. The number of nitrogens with zero attached hydrogens (tertiary/aromatic N) is 1. The smallest absolute Gasteiger partial charge is 0.338 e. The summed E-state index contributed by atoms with van der Waals surface area (Å²) in [6.45, 7) is 4.07. The predicted molar refractivity (Wildman–Crippen MR) is 111 cm³/mol. The number of hydrogen-bond donors (Lipinski definition) is 1. The number of carbonyl (C=O) groups excluding carboxylic acids is 2. The van der Waals surface area contributed by atoms with Crippen LogP contribution in [0.4, 0.5) is 0 Å². The molecule has 1 aliphatic heterocycles. The fraction of sp³-hybridized carbons (Fsp3) is 0.261. The van der Waals surface area contributed by atoms with E-state index in [1.165, 1.54) is 0 Å². The third kappa shape index (κ3) is 5.00. The Kier molecular flexibility index (Phi) is 6.25. The number of aromatic nitrogens is 1. The summed E-state index contributed by atoms with van der Waals surface area (Å²) in [4.78, 5) is 24.2. The van der Waals surface area contributed by atoms with Crippen molar-refractivity contribution in [3.05, 3.63) is 70.6 Å². The zero-order chi connectivity index (χ0) is 22.5. The third-order valence-electron chi connectivity index (χ3n) is 4.92. The van der Waals surface area contributed by atoms with Gasteiger partial charge in [0.15, 0.2) is 18.1 Å². The van der Waals surface area contributed by atoms with Crippen molar-refractivity contribution in [3.63, 3.8) is 0 Å². The summed E-state index contributed by atoms with van der Waals surface area (Å²) in [5, 5.41) is 6.58. The normalized spacial score (nSPS) is 11.8. The molecule has 0 aliphatic carbocycles. The molecule has 2 aromatic carbocycles. The van der Waals surface area contributed by atoms with E-state index in [1.54, 1.807) is 36.4 Å². The summed E-state index contributed by atoms with van der Waals surface area (Å²) in [6.07, 6.45) is 0. The zero-order valence-corrected chi connectivity index (χ0v) is 17.7. The van der Waals surface area contributed by atoms with Crippen LogP contribution in [0.1, 0.15) is 32.9 Å². The number of carbonyl (C=O) groups is 2. The van der Waals surface area contributed by atoms with Gasteiger partial charge in [-0.2, -0.15) is 0 Å². The second-order valence-electron chi connectivity index (χ2n) is 7.16. The van der Waals surface area contributed by atoms with Gasteiger partial charge in [0.2, 0.25) is 6.79 Å². The molecule has 9 nitrogen and oxygen atoms in total. The summed E-state index contributed by atoms with van der Waals surface area (Å²) in [5.41, 5.74) is 2.83. The van der Waals surface area contributed by atoms with Crippen LogP contribution in [0.15, 0.2) is 47.0 Å². The summed E-state index contributed by atoms with van der Waals surface area (Å²) >= 11 is 0. The highest BCUT2D eigenvalue weighted by Crippen LogP contribution is 2.32. The highest BCUT2D eigenvalue weighted by Gasteiger charge is 2.15. The van der Waals surface area contributed by atoms with Crippen molar-refractivity contribution in [2.24, 2.45) is 0 Å². The number of benzene rings is 2. The van der Waals surface area contributed by atoms with Gasteiger partial charge in [0.25, 0.3) is 5.91 Å². The van der Waals surface area contributed by atoms with Gasteiger partial charge in [-0.1, -0.05) is 11.2 Å². The summed E-state index contributed by atoms with van der Waals surface area (Å²) in [5.74, 6) is 1.61. The summed E-state index contributed by atoms with van der Waals surface area (Å²) in [7, 11) is 0. The SMILES string of the molecule is Cc1noc(C)c1COc1ccc(C(=O)OCC(=O)NCc2ccc3c(c2)OCO3)cc1. The van der Waals surface area contributed by atoms with Crippen molar-refractivity contribution in [1.82, 2.24) is 10.5 Å². The van der Waals surface area contributed by atoms with Gasteiger partial charge < -0.3 is 28.8 Å². The van der Waals surface area contributed by atoms with Crippen LogP contribution in [0.5, 0.6) is 17.2 Å². The fourth-order valence-electron chi connectivity index (χ4n) is 3.07. The number of nitrogens with one attached hydrogen (secondary N) is 1. The molecule has 1 amide bonds. The maximum atomic E-state index is 12.2. The first-order valence-electron chi connectivity index (χ1n) is 9.96. The van der Waals surface area contributed by atoms with Crippen LogP contribution in [0.25, 0.3) is 0 Å². The Labute approximate surface area is 184 Å². The molecule has 0 spiro atoms. The second-order valence-corrected chi connectivity index (χ2v) is 7.16. The average molecular weight is 438 g/mol. The van der Waals surface area contributed by atoms with E-state index in [0.717, 1.165) is 16.8 Å². The van der Waals surface area contributed by atoms with Gasteiger partial charge in [-0.3, -0.25) is 4.79 Å². The van der Waals surface area contributed by atoms with E-state index in [-0.39, 0.29) is 19.9 Å². The van der Waals surface area contributed by atoms with Gasteiger partial charge in [0.1, 0.15) is 18.1 Å². The molecule has 4 rings (SSSR count). The molecule has 3 aromatic rings. The Bertz CT molecular complexity index is 1100. The van der Waals surface area contributed by atoms with Crippen LogP contribution in [0.2, 0.25) is 0 Å². The molecule has 9 heteroatoms. The van der Waals surface area contributed by atoms with Gasteiger partial charge in [-0.25, -0.2) is 4.79 Å². The molecule has 1 aliphatic rings. The number of amides is 1. The highest BCUT2D eigenvalue weighted by atomic mass is 16.7. The molecule has 0 radical (unpaired) electrons. The zero-order valence-electron chi connectivity index (χ0n) is 17.7. The van der Waals surface area contributed by atoms with Crippen LogP contribution in [-0.2, 0) is 22.7 Å². The Balaban J connectivity index is 1.21. The van der Waals surface area contributed by atoms with Crippen LogP contribution in [0.3, 0.4) is 0 Å². The standard InChI is InChI=1S/C23H22N2O7/c1-14-19(15(2)32-25-14)11-28-18-6-4-17(5-7-18)23(27)29-12-22(26)24-10-16-3-8-20-21(9-16)31-13-30-20/h3-9H,10-13H2,1-2H3,(H,24,26). The first-order chi connectivity index (χ1) is 15.5. The second kappa shape index (κ2) is 9.42. The molecule has 166 valence electrons. The topological polar surface area (TPSA) is 109 Å². The van der Waals surface area contributed by atoms with Gasteiger partial charge in [0, 0.05) is 6.54 Å². The highest BCUT2D eigenvalue weighted by molar-refractivity contribution is 5.91. The molecular formula is C23H22N2O7. The number of ether oxygens (including phenoxy) is 4. The van der Waals surface area contributed by atoms with Crippen LogP contribution in [-0.4, -0.2) is 30.4 Å². The van der Waals surface area contributed by atoms with Crippen LogP contribution >= 0.6 is 0 Å². The van der Waals surface area contributed by atoms with Crippen molar-refractivity contribution in [2.45, 2.75) is 27.0 Å². The minimum atomic E-state index is -0.597. The van der Waals surface area contributed by atoms with Crippen molar-refractivity contribution < 1.29 is 33.1 Å². The minimum Gasteiger partial charge on any atom is -0.489 e. The summed E-state index contributed by atoms with van der Waals surface area (Å²) in [6, 6.07) is 11.9. The molecular weight excluding hydrogens is 416 g/mol. The molecule has 0 unspecified atom stereocenters. The van der Waals surface area contributed by atoms with Gasteiger partial charge in [0.05, 0.1) is 16.8 Å². The molecule has 1 aromatic heterocycles. The Hall–Kier alpha value is -4.01. The predicted octanol–water partition coefficient (Wildman–Crippen LogP) is 3.07. The van der Waals surface area contributed by atoms with Crippen LogP contribution < -0.4 is 19.5 Å². The van der Waals surface area contributed by atoms with E-state index >= 15 is 0 Å². The van der Waals surface area contributed by atoms with Crippen molar-refractivity contribution in [2.75, 3.05) is 13.4 Å². The maximum absolute atomic E-state index is 12.2. The minimum absolute atomic E-state index is 0.190. The third-order valence-corrected chi connectivity index (χ3v) is 4.92. The summed E-state index contributed by atoms with van der Waals surface area (Å²) < 4.78 is 26.5. The lowest BCUT2D eigenvalue weighted by molar-refractivity contribution is -0.124. The van der Waals surface area contributed by atoms with E-state index < -0.39 is 11.9 Å². The molecule has 1 N–H and O–H groups in total. The van der Waals surface area contributed by atoms with Gasteiger partial charge in [-0.15, -0.1) is 0 Å². The van der Waals surface area contributed by atoms with E-state index in [2.05, 4.69) is 10.5 Å². The first-order valence-corrected chi connectivity index (χ1v) is 9.96. The lowest BCUT2D eigenvalue weighted by Gasteiger charge is -2.09. The number of rotatable bonds is 8. The van der Waals surface area contributed by atoms with Crippen molar-refractivity contribution in [3.8, 4) is 17.2 Å². The van der Waals surface area contributed by atoms with Crippen LogP contribution in [0, 0.1) is 13.8 Å². The molecule has 32 heavy (non-hydrogen) atoms. The fourth-order valence-corrected chi connectivity index (χ4v) is 3.07. The number of hydrogen-bond acceptors (Lipinski definition) is 8. The quantitative estimate of drug-likeness (QED) is 0.535. The molecule has 2 heterocycles. The number of esters is 1. The molecule has 0 fully saturated rings. The lowest BCUT2D eigenvalue weighted by atomic mass is 10.2. The Morgan fingerprint density at radius 2 is 1.84 bits per heavy atom. The average Bonchev–Trinajstić information content (AvgIpc) is 3.40. The Morgan fingerprint density at radius 3 is 2.59 bits per heavy atom. The van der Waals surface area contributed by atoms with E-state index in [1.807, 2.05) is 19.9 Å². The molecule has 0 bridgehead atoms. The van der Waals surface area contributed by atoms with Crippen molar-refractivity contribution >= 4 is 11.9 Å². The van der Waals surface area contributed by atoms with E-state index in [4.69, 9.17) is 23.5 Å². The Morgan fingerprint density at radius 1 is 1.06 bits per heavy atom. The maximum Gasteiger partial charge on any atom is 0.338 e. The van der Waals surface area contributed by atoms with Gasteiger partial charge >= 0.3 is 5.97 Å². The van der Waals surface area contributed by atoms with Crippen molar-refractivity contribution in [1.29, 1.82) is 0 Å². The molecule has 0 atom stereocenters. The van der Waals surface area contributed by atoms with Gasteiger partial charge in [-0.05, 0) is 55.8 Å².